The van der Waals surface area contributed by atoms with Crippen LogP contribution in [-0.4, -0.2) is 37.4 Å². The number of hydrogen-bond acceptors (Lipinski definition) is 3. The second-order valence-corrected chi connectivity index (χ2v) is 3.35. The highest BCUT2D eigenvalue weighted by Gasteiger charge is 2.14. The Hall–Kier alpha value is -0.120. The molecule has 0 saturated carbocycles. The van der Waals surface area contributed by atoms with Crippen LogP contribution in [0.4, 0.5) is 0 Å². The van der Waals surface area contributed by atoms with Crippen molar-refractivity contribution in [2.75, 3.05) is 26.2 Å². The van der Waals surface area contributed by atoms with E-state index >= 15 is 0 Å². The van der Waals surface area contributed by atoms with Crippen LogP contribution in [0.3, 0.4) is 0 Å². The zero-order chi connectivity index (χ0) is 8.10. The quantitative estimate of drug-likeness (QED) is 0.520. The van der Waals surface area contributed by atoms with Gasteiger partial charge in [0.1, 0.15) is 0 Å². The molecule has 1 aliphatic rings. The monoisotopic (exact) mass is 158 g/mol. The Morgan fingerprint density at radius 3 is 3.09 bits per heavy atom. The molecule has 0 aromatic rings. The molecule has 0 aliphatic carbocycles. The highest BCUT2D eigenvalue weighted by atomic mass is 16.3. The Morgan fingerprint density at radius 1 is 1.73 bits per heavy atom. The molecule has 11 heavy (non-hydrogen) atoms. The fourth-order valence-electron chi connectivity index (χ4n) is 1.32. The topological polar surface area (TPSA) is 44.3 Å². The molecule has 2 atom stereocenters. The first-order valence-electron chi connectivity index (χ1n) is 4.38. The average Bonchev–Trinajstić information content (AvgIpc) is 2.52. The van der Waals surface area contributed by atoms with Crippen LogP contribution in [-0.2, 0) is 0 Å². The maximum absolute atomic E-state index is 8.73. The molecule has 0 aromatic carbocycles. The molecule has 0 unspecified atom stereocenters. The fraction of sp³-hybridized carbons (Fsp3) is 1.00. The summed E-state index contributed by atoms with van der Waals surface area (Å²) in [5.74, 6) is 0.768. The molecule has 1 saturated heterocycles. The Balaban J connectivity index is 2.01. The summed E-state index contributed by atoms with van der Waals surface area (Å²) in [5, 5.41) is 15.3. The lowest BCUT2D eigenvalue weighted by atomic mass is 10.1. The number of aliphatic hydroxyl groups excluding tert-OH is 1. The highest BCUT2D eigenvalue weighted by Crippen LogP contribution is 2.05. The number of hydrogen-bond donors (Lipinski definition) is 3. The van der Waals surface area contributed by atoms with E-state index in [0.717, 1.165) is 25.6 Å². The Bertz CT molecular complexity index is 102. The van der Waals surface area contributed by atoms with Gasteiger partial charge in [0.05, 0.1) is 6.61 Å². The van der Waals surface area contributed by atoms with E-state index in [1.165, 1.54) is 6.42 Å². The first kappa shape index (κ1) is 8.97. The highest BCUT2D eigenvalue weighted by molar-refractivity contribution is 4.74. The van der Waals surface area contributed by atoms with Gasteiger partial charge >= 0.3 is 0 Å². The molecule has 3 nitrogen and oxygen atoms in total. The van der Waals surface area contributed by atoms with Gasteiger partial charge in [0.2, 0.25) is 0 Å². The molecule has 0 bridgehead atoms. The minimum absolute atomic E-state index is 0.236. The molecule has 1 aliphatic heterocycles. The van der Waals surface area contributed by atoms with Crippen molar-refractivity contribution < 1.29 is 5.11 Å². The SMILES string of the molecule is C[C@@H](CO)NC[C@@H]1CCNC1. The van der Waals surface area contributed by atoms with Crippen molar-refractivity contribution in [3.8, 4) is 0 Å². The van der Waals surface area contributed by atoms with Crippen molar-refractivity contribution in [1.82, 2.24) is 10.6 Å². The van der Waals surface area contributed by atoms with Crippen molar-refractivity contribution in [2.24, 2.45) is 5.92 Å². The molecule has 1 fully saturated rings. The smallest absolute Gasteiger partial charge is 0.0581 e. The zero-order valence-corrected chi connectivity index (χ0v) is 7.14. The minimum Gasteiger partial charge on any atom is -0.395 e. The van der Waals surface area contributed by atoms with Gasteiger partial charge in [-0.15, -0.1) is 0 Å². The summed E-state index contributed by atoms with van der Waals surface area (Å²) in [6.45, 7) is 5.56. The Morgan fingerprint density at radius 2 is 2.55 bits per heavy atom. The normalized spacial score (nSPS) is 27.3. The minimum atomic E-state index is 0.236. The van der Waals surface area contributed by atoms with E-state index in [1.54, 1.807) is 0 Å². The maximum Gasteiger partial charge on any atom is 0.0581 e. The molecule has 0 aromatic heterocycles. The molecule has 1 heterocycles. The molecule has 3 heteroatoms. The lowest BCUT2D eigenvalue weighted by Crippen LogP contribution is -2.34. The molecule has 3 N–H and O–H groups in total. The second kappa shape index (κ2) is 4.70. The zero-order valence-electron chi connectivity index (χ0n) is 7.14. The third-order valence-electron chi connectivity index (χ3n) is 2.19. The fourth-order valence-corrected chi connectivity index (χ4v) is 1.32. The molecule has 0 amide bonds. The van der Waals surface area contributed by atoms with Crippen LogP contribution in [0.25, 0.3) is 0 Å². The van der Waals surface area contributed by atoms with Crippen molar-refractivity contribution in [1.29, 1.82) is 0 Å². The van der Waals surface area contributed by atoms with Crippen LogP contribution in [0, 0.1) is 5.92 Å². The van der Waals surface area contributed by atoms with Crippen LogP contribution < -0.4 is 10.6 Å². The van der Waals surface area contributed by atoms with Gasteiger partial charge < -0.3 is 15.7 Å². The van der Waals surface area contributed by atoms with E-state index in [-0.39, 0.29) is 12.6 Å². The summed E-state index contributed by atoms with van der Waals surface area (Å²) in [6.07, 6.45) is 1.27. The predicted octanol–water partition coefficient (Wildman–Crippen LogP) is -0.434. The standard InChI is InChI=1S/C8H18N2O/c1-7(6-11)10-5-8-2-3-9-4-8/h7-11H,2-6H2,1H3/t7-,8+/m0/s1. The van der Waals surface area contributed by atoms with E-state index in [2.05, 4.69) is 10.6 Å². The van der Waals surface area contributed by atoms with Crippen LogP contribution in [0.5, 0.6) is 0 Å². The van der Waals surface area contributed by atoms with Gasteiger partial charge in [0, 0.05) is 6.04 Å². The van der Waals surface area contributed by atoms with Gasteiger partial charge in [0.15, 0.2) is 0 Å². The molecule has 1 rings (SSSR count). The van der Waals surface area contributed by atoms with E-state index in [1.807, 2.05) is 6.92 Å². The summed E-state index contributed by atoms with van der Waals surface area (Å²) >= 11 is 0. The first-order valence-corrected chi connectivity index (χ1v) is 4.38. The predicted molar refractivity (Wildman–Crippen MR) is 45.5 cm³/mol. The maximum atomic E-state index is 8.73. The first-order chi connectivity index (χ1) is 5.33. The van der Waals surface area contributed by atoms with Crippen molar-refractivity contribution in [2.45, 2.75) is 19.4 Å². The summed E-state index contributed by atoms with van der Waals surface area (Å²) in [7, 11) is 0. The van der Waals surface area contributed by atoms with Gasteiger partial charge in [-0.05, 0) is 38.9 Å². The van der Waals surface area contributed by atoms with Crippen LogP contribution in [0.15, 0.2) is 0 Å². The Labute approximate surface area is 68.2 Å². The summed E-state index contributed by atoms with van der Waals surface area (Å²) in [6, 6.07) is 0.246. The average molecular weight is 158 g/mol. The third-order valence-corrected chi connectivity index (χ3v) is 2.19. The van der Waals surface area contributed by atoms with Crippen LogP contribution in [0.1, 0.15) is 13.3 Å². The van der Waals surface area contributed by atoms with Crippen LogP contribution in [0.2, 0.25) is 0 Å². The third kappa shape index (κ3) is 3.18. The summed E-state index contributed by atoms with van der Waals surface area (Å²) < 4.78 is 0. The molecule has 66 valence electrons. The van der Waals surface area contributed by atoms with Gasteiger partial charge in [-0.1, -0.05) is 0 Å². The van der Waals surface area contributed by atoms with Gasteiger partial charge in [0.25, 0.3) is 0 Å². The molecular weight excluding hydrogens is 140 g/mol. The lowest BCUT2D eigenvalue weighted by molar-refractivity contribution is 0.247. The van der Waals surface area contributed by atoms with Crippen LogP contribution >= 0.6 is 0 Å². The van der Waals surface area contributed by atoms with Crippen molar-refractivity contribution in [3.05, 3.63) is 0 Å². The lowest BCUT2D eigenvalue weighted by Gasteiger charge is -2.13. The van der Waals surface area contributed by atoms with E-state index < -0.39 is 0 Å². The van der Waals surface area contributed by atoms with E-state index in [9.17, 15) is 0 Å². The van der Waals surface area contributed by atoms with Gasteiger partial charge in [-0.25, -0.2) is 0 Å². The second-order valence-electron chi connectivity index (χ2n) is 3.35. The van der Waals surface area contributed by atoms with E-state index in [0.29, 0.717) is 0 Å². The van der Waals surface area contributed by atoms with Crippen molar-refractivity contribution >= 4 is 0 Å². The molecular formula is C8H18N2O. The molecule has 0 radical (unpaired) electrons. The van der Waals surface area contributed by atoms with Gasteiger partial charge in [-0.3, -0.25) is 0 Å². The van der Waals surface area contributed by atoms with Crippen molar-refractivity contribution in [3.63, 3.8) is 0 Å². The number of rotatable bonds is 4. The number of aliphatic hydroxyl groups is 1. The Kier molecular flexibility index (Phi) is 3.83. The molecule has 0 spiro atoms. The van der Waals surface area contributed by atoms with Gasteiger partial charge in [-0.2, -0.15) is 0 Å². The number of nitrogens with one attached hydrogen (secondary N) is 2. The summed E-state index contributed by atoms with van der Waals surface area (Å²) in [5.41, 5.74) is 0. The summed E-state index contributed by atoms with van der Waals surface area (Å²) in [4.78, 5) is 0. The largest absolute Gasteiger partial charge is 0.395 e. The van der Waals surface area contributed by atoms with E-state index in [4.69, 9.17) is 5.11 Å².